The highest BCUT2D eigenvalue weighted by molar-refractivity contribution is 5.89. The maximum absolute atomic E-state index is 12.2. The molecule has 0 aliphatic carbocycles. The van der Waals surface area contributed by atoms with E-state index in [1.807, 2.05) is 35.0 Å². The summed E-state index contributed by atoms with van der Waals surface area (Å²) in [7, 11) is 0. The molecule has 156 valence electrons. The Morgan fingerprint density at radius 3 is 2.40 bits per heavy atom. The number of anilines is 2. The van der Waals surface area contributed by atoms with Gasteiger partial charge in [-0.3, -0.25) is 0 Å². The standard InChI is InChI=1S/C24H29N5O/c1-19-10-13-29(14-11-19)23-8-6-22(7-9-23)27-24(30)26-16-20-2-4-21(5-3-20)17-28-15-12-25-18-28/h2-9,12,15,18-19H,10-11,13-14,16-17H2,1H3,(H2,26,27,30). The molecule has 4 rings (SSSR count). The van der Waals surface area contributed by atoms with Crippen LogP contribution in [-0.4, -0.2) is 28.7 Å². The molecule has 6 heteroatoms. The maximum atomic E-state index is 12.2. The van der Waals surface area contributed by atoms with Gasteiger partial charge in [-0.25, -0.2) is 9.78 Å². The van der Waals surface area contributed by atoms with E-state index in [0.29, 0.717) is 6.54 Å². The van der Waals surface area contributed by atoms with Crippen LogP contribution in [0.25, 0.3) is 0 Å². The first-order valence-corrected chi connectivity index (χ1v) is 10.6. The van der Waals surface area contributed by atoms with Crippen LogP contribution in [0.4, 0.5) is 16.2 Å². The van der Waals surface area contributed by atoms with Crippen LogP contribution in [0, 0.1) is 5.92 Å². The molecule has 1 aliphatic rings. The fraction of sp³-hybridized carbons (Fsp3) is 0.333. The van der Waals surface area contributed by atoms with Gasteiger partial charge >= 0.3 is 6.03 Å². The number of hydrogen-bond donors (Lipinski definition) is 2. The lowest BCUT2D eigenvalue weighted by molar-refractivity contribution is 0.251. The van der Waals surface area contributed by atoms with Gasteiger partial charge in [-0.2, -0.15) is 0 Å². The van der Waals surface area contributed by atoms with E-state index in [-0.39, 0.29) is 6.03 Å². The molecule has 1 saturated heterocycles. The topological polar surface area (TPSA) is 62.2 Å². The first-order chi connectivity index (χ1) is 14.7. The van der Waals surface area contributed by atoms with E-state index in [9.17, 15) is 4.79 Å². The van der Waals surface area contributed by atoms with Crippen molar-refractivity contribution < 1.29 is 4.79 Å². The number of carbonyl (C=O) groups excluding carboxylic acids is 1. The van der Waals surface area contributed by atoms with Crippen molar-refractivity contribution in [2.75, 3.05) is 23.3 Å². The molecule has 3 aromatic rings. The number of amides is 2. The van der Waals surface area contributed by atoms with E-state index < -0.39 is 0 Å². The maximum Gasteiger partial charge on any atom is 0.319 e. The first-order valence-electron chi connectivity index (χ1n) is 10.6. The Balaban J connectivity index is 1.23. The first kappa shape index (κ1) is 20.0. The zero-order chi connectivity index (χ0) is 20.8. The molecule has 2 aromatic carbocycles. The predicted molar refractivity (Wildman–Crippen MR) is 121 cm³/mol. The third kappa shape index (κ3) is 5.41. The van der Waals surface area contributed by atoms with Crippen molar-refractivity contribution in [3.8, 4) is 0 Å². The second-order valence-electron chi connectivity index (χ2n) is 8.08. The number of hydrogen-bond acceptors (Lipinski definition) is 3. The van der Waals surface area contributed by atoms with E-state index in [2.05, 4.69) is 51.7 Å². The Kier molecular flexibility index (Phi) is 6.32. The summed E-state index contributed by atoms with van der Waals surface area (Å²) in [6.45, 7) is 5.81. The number of imidazole rings is 1. The number of benzene rings is 2. The van der Waals surface area contributed by atoms with Crippen molar-refractivity contribution in [3.05, 3.63) is 78.4 Å². The summed E-state index contributed by atoms with van der Waals surface area (Å²) in [5.74, 6) is 0.818. The summed E-state index contributed by atoms with van der Waals surface area (Å²) in [5.41, 5.74) is 4.29. The molecule has 0 unspecified atom stereocenters. The largest absolute Gasteiger partial charge is 0.372 e. The van der Waals surface area contributed by atoms with Crippen LogP contribution in [0.5, 0.6) is 0 Å². The summed E-state index contributed by atoms with van der Waals surface area (Å²) in [5, 5.41) is 5.83. The number of aromatic nitrogens is 2. The Hall–Kier alpha value is -3.28. The van der Waals surface area contributed by atoms with E-state index in [0.717, 1.165) is 36.8 Å². The third-order valence-corrected chi connectivity index (χ3v) is 5.67. The van der Waals surface area contributed by atoms with Gasteiger partial charge < -0.3 is 20.1 Å². The molecule has 2 N–H and O–H groups in total. The average molecular weight is 404 g/mol. The van der Waals surface area contributed by atoms with Crippen LogP contribution in [0.1, 0.15) is 30.9 Å². The van der Waals surface area contributed by atoms with Gasteiger partial charge in [-0.15, -0.1) is 0 Å². The van der Waals surface area contributed by atoms with Crippen LogP contribution in [-0.2, 0) is 13.1 Å². The van der Waals surface area contributed by atoms with Gasteiger partial charge in [0.15, 0.2) is 0 Å². The van der Waals surface area contributed by atoms with Gasteiger partial charge in [0.2, 0.25) is 0 Å². The normalized spacial score (nSPS) is 14.5. The Bertz CT molecular complexity index is 927. The molecule has 1 fully saturated rings. The summed E-state index contributed by atoms with van der Waals surface area (Å²) < 4.78 is 2.03. The highest BCUT2D eigenvalue weighted by Gasteiger charge is 2.15. The van der Waals surface area contributed by atoms with E-state index >= 15 is 0 Å². The van der Waals surface area contributed by atoms with Crippen LogP contribution in [0.2, 0.25) is 0 Å². The molecule has 6 nitrogen and oxygen atoms in total. The van der Waals surface area contributed by atoms with Crippen molar-refractivity contribution in [2.45, 2.75) is 32.9 Å². The molecule has 30 heavy (non-hydrogen) atoms. The Morgan fingerprint density at radius 2 is 1.73 bits per heavy atom. The zero-order valence-corrected chi connectivity index (χ0v) is 17.4. The molecular weight excluding hydrogens is 374 g/mol. The van der Waals surface area contributed by atoms with Gasteiger partial charge in [0.05, 0.1) is 6.33 Å². The highest BCUT2D eigenvalue weighted by Crippen LogP contribution is 2.24. The number of urea groups is 1. The van der Waals surface area contributed by atoms with Crippen molar-refractivity contribution in [2.24, 2.45) is 5.92 Å². The molecule has 1 aliphatic heterocycles. The summed E-state index contributed by atoms with van der Waals surface area (Å²) >= 11 is 0. The zero-order valence-electron chi connectivity index (χ0n) is 17.4. The monoisotopic (exact) mass is 403 g/mol. The Morgan fingerprint density at radius 1 is 1.03 bits per heavy atom. The van der Waals surface area contributed by atoms with Gasteiger partial charge in [-0.05, 0) is 54.2 Å². The number of carbonyl (C=O) groups is 1. The lowest BCUT2D eigenvalue weighted by Crippen LogP contribution is -2.32. The summed E-state index contributed by atoms with van der Waals surface area (Å²) in [4.78, 5) is 18.7. The van der Waals surface area contributed by atoms with Crippen LogP contribution in [0.3, 0.4) is 0 Å². The molecule has 0 atom stereocenters. The van der Waals surface area contributed by atoms with Gasteiger partial charge in [-0.1, -0.05) is 31.2 Å². The van der Waals surface area contributed by atoms with Gasteiger partial charge in [0, 0.05) is 49.9 Å². The highest BCUT2D eigenvalue weighted by atomic mass is 16.2. The van der Waals surface area contributed by atoms with Gasteiger partial charge in [0.25, 0.3) is 0 Å². The van der Waals surface area contributed by atoms with Crippen LogP contribution in [0.15, 0.2) is 67.3 Å². The number of piperidine rings is 1. The number of nitrogens with one attached hydrogen (secondary N) is 2. The molecule has 1 aromatic heterocycles. The summed E-state index contributed by atoms with van der Waals surface area (Å²) in [6.07, 6.45) is 8.01. The number of rotatable bonds is 6. The van der Waals surface area contributed by atoms with E-state index in [1.165, 1.54) is 24.1 Å². The fourth-order valence-corrected chi connectivity index (χ4v) is 3.73. The molecular formula is C24H29N5O. The predicted octanol–water partition coefficient (Wildman–Crippen LogP) is 4.49. The summed E-state index contributed by atoms with van der Waals surface area (Å²) in [6, 6.07) is 16.2. The molecule has 0 bridgehead atoms. The fourth-order valence-electron chi connectivity index (χ4n) is 3.73. The second-order valence-corrected chi connectivity index (χ2v) is 8.08. The van der Waals surface area contributed by atoms with Crippen molar-refractivity contribution in [3.63, 3.8) is 0 Å². The molecule has 0 radical (unpaired) electrons. The average Bonchev–Trinajstić information content (AvgIpc) is 3.28. The minimum Gasteiger partial charge on any atom is -0.372 e. The van der Waals surface area contributed by atoms with Gasteiger partial charge in [0.1, 0.15) is 0 Å². The number of nitrogens with zero attached hydrogens (tertiary/aromatic N) is 3. The quantitative estimate of drug-likeness (QED) is 0.637. The van der Waals surface area contributed by atoms with Crippen molar-refractivity contribution in [1.82, 2.24) is 14.9 Å². The smallest absolute Gasteiger partial charge is 0.319 e. The minimum absolute atomic E-state index is 0.197. The molecule has 0 saturated carbocycles. The Labute approximate surface area is 177 Å². The minimum atomic E-state index is -0.197. The van der Waals surface area contributed by atoms with E-state index in [1.54, 1.807) is 12.5 Å². The third-order valence-electron chi connectivity index (χ3n) is 5.67. The van der Waals surface area contributed by atoms with Crippen molar-refractivity contribution in [1.29, 1.82) is 0 Å². The molecule has 2 amide bonds. The lowest BCUT2D eigenvalue weighted by Gasteiger charge is -2.32. The molecule has 0 spiro atoms. The second kappa shape index (κ2) is 9.48. The van der Waals surface area contributed by atoms with Crippen LogP contribution >= 0.6 is 0 Å². The van der Waals surface area contributed by atoms with E-state index in [4.69, 9.17) is 0 Å². The SMILES string of the molecule is CC1CCN(c2ccc(NC(=O)NCc3ccc(Cn4ccnc4)cc3)cc2)CC1. The molecule has 2 heterocycles. The lowest BCUT2D eigenvalue weighted by atomic mass is 9.99. The van der Waals surface area contributed by atoms with Crippen molar-refractivity contribution >= 4 is 17.4 Å². The van der Waals surface area contributed by atoms with Crippen LogP contribution < -0.4 is 15.5 Å².